The maximum absolute atomic E-state index is 12.1. The van der Waals surface area contributed by atoms with Gasteiger partial charge in [-0.1, -0.05) is 37.6 Å². The van der Waals surface area contributed by atoms with E-state index in [1.807, 2.05) is 24.3 Å². The SMILES string of the molecule is CCCc1ccc(C(O)=c2c(S(C)=O)cc3c(C(=O)O)ccn23)cc1. The highest BCUT2D eigenvalue weighted by atomic mass is 32.2. The van der Waals surface area contributed by atoms with Gasteiger partial charge in [-0.2, -0.15) is 0 Å². The molecule has 0 radical (unpaired) electrons. The number of hydrogen-bond acceptors (Lipinski definition) is 3. The highest BCUT2D eigenvalue weighted by Crippen LogP contribution is 2.18. The normalized spacial score (nSPS) is 13.8. The van der Waals surface area contributed by atoms with Gasteiger partial charge in [0.1, 0.15) is 11.1 Å². The molecule has 1 atom stereocenters. The van der Waals surface area contributed by atoms with E-state index in [0.717, 1.165) is 12.8 Å². The van der Waals surface area contributed by atoms with Gasteiger partial charge in [-0.05, 0) is 24.1 Å². The second kappa shape index (κ2) is 6.72. The third-order valence-electron chi connectivity index (χ3n) is 4.20. The molecule has 0 aliphatic rings. The van der Waals surface area contributed by atoms with Crippen LogP contribution in [0.5, 0.6) is 0 Å². The fourth-order valence-electron chi connectivity index (χ4n) is 2.98. The fraction of sp³-hybridized carbons (Fsp3) is 0.211. The van der Waals surface area contributed by atoms with Crippen molar-refractivity contribution in [2.75, 3.05) is 6.26 Å². The summed E-state index contributed by atoms with van der Waals surface area (Å²) in [6.45, 7) is 2.10. The van der Waals surface area contributed by atoms with E-state index in [0.29, 0.717) is 21.3 Å². The first kappa shape index (κ1) is 17.2. The summed E-state index contributed by atoms with van der Waals surface area (Å²) in [7, 11) is -1.37. The van der Waals surface area contributed by atoms with E-state index in [9.17, 15) is 19.2 Å². The summed E-state index contributed by atoms with van der Waals surface area (Å²) >= 11 is 0. The molecule has 25 heavy (non-hydrogen) atoms. The fourth-order valence-corrected chi connectivity index (χ4v) is 3.73. The summed E-state index contributed by atoms with van der Waals surface area (Å²) < 4.78 is 13.7. The molecular formula is C19H19NO4S. The second-order valence-electron chi connectivity index (χ2n) is 5.90. The Balaban J connectivity index is 2.27. The molecule has 5 nitrogen and oxygen atoms in total. The largest absolute Gasteiger partial charge is 0.505 e. The van der Waals surface area contributed by atoms with Crippen LogP contribution in [0.15, 0.2) is 47.5 Å². The molecule has 0 spiro atoms. The molecular weight excluding hydrogens is 338 g/mol. The van der Waals surface area contributed by atoms with E-state index in [1.54, 1.807) is 16.7 Å². The highest BCUT2D eigenvalue weighted by molar-refractivity contribution is 7.84. The number of aliphatic hydroxyl groups is 1. The number of aromatic nitrogens is 1. The summed E-state index contributed by atoms with van der Waals surface area (Å²) in [5.74, 6) is -1.08. The zero-order valence-corrected chi connectivity index (χ0v) is 14.8. The van der Waals surface area contributed by atoms with Crippen molar-refractivity contribution in [3.05, 3.63) is 64.6 Å². The van der Waals surface area contributed by atoms with Crippen LogP contribution in [0.4, 0.5) is 0 Å². The molecule has 2 heterocycles. The average molecular weight is 357 g/mol. The third-order valence-corrected chi connectivity index (χ3v) is 5.13. The topological polar surface area (TPSA) is 79.0 Å². The number of hydrogen-bond donors (Lipinski definition) is 2. The van der Waals surface area contributed by atoms with Crippen LogP contribution in [0.2, 0.25) is 0 Å². The van der Waals surface area contributed by atoms with E-state index in [4.69, 9.17) is 0 Å². The second-order valence-corrected chi connectivity index (χ2v) is 7.24. The van der Waals surface area contributed by atoms with Crippen LogP contribution < -0.4 is 5.35 Å². The molecule has 1 unspecified atom stereocenters. The molecule has 2 N–H and O–H groups in total. The number of carbonyl (C=O) groups is 1. The van der Waals surface area contributed by atoms with Crippen molar-refractivity contribution in [2.24, 2.45) is 0 Å². The van der Waals surface area contributed by atoms with E-state index in [2.05, 4.69) is 6.92 Å². The van der Waals surface area contributed by atoms with Crippen LogP contribution in [-0.2, 0) is 17.2 Å². The number of benzene rings is 1. The van der Waals surface area contributed by atoms with Crippen LogP contribution in [0.3, 0.4) is 0 Å². The van der Waals surface area contributed by atoms with E-state index in [1.165, 1.54) is 17.9 Å². The minimum atomic E-state index is -1.37. The predicted molar refractivity (Wildman–Crippen MR) is 97.5 cm³/mol. The first-order chi connectivity index (χ1) is 11.9. The van der Waals surface area contributed by atoms with Gasteiger partial charge in [0.25, 0.3) is 0 Å². The van der Waals surface area contributed by atoms with Gasteiger partial charge in [0.15, 0.2) is 0 Å². The smallest absolute Gasteiger partial charge is 0.337 e. The maximum Gasteiger partial charge on any atom is 0.337 e. The lowest BCUT2D eigenvalue weighted by Gasteiger charge is -2.04. The molecule has 0 aliphatic heterocycles. The Morgan fingerprint density at radius 2 is 1.84 bits per heavy atom. The summed E-state index contributed by atoms with van der Waals surface area (Å²) in [5, 5.41) is 20.4. The monoisotopic (exact) mass is 357 g/mol. The number of fused-ring (bicyclic) bond motifs is 1. The van der Waals surface area contributed by atoms with Crippen molar-refractivity contribution in [2.45, 2.75) is 24.7 Å². The van der Waals surface area contributed by atoms with Crippen LogP contribution in [0.1, 0.15) is 34.8 Å². The molecule has 1 aromatic carbocycles. The molecule has 0 saturated heterocycles. The van der Waals surface area contributed by atoms with Crippen molar-refractivity contribution in [1.29, 1.82) is 0 Å². The molecule has 3 aromatic rings. The van der Waals surface area contributed by atoms with Crippen molar-refractivity contribution < 1.29 is 19.2 Å². The molecule has 6 heteroatoms. The van der Waals surface area contributed by atoms with Gasteiger partial charge in [0, 0.05) is 18.0 Å². The quantitative estimate of drug-likeness (QED) is 0.736. The zero-order chi connectivity index (χ0) is 18.1. The van der Waals surface area contributed by atoms with Crippen molar-refractivity contribution >= 4 is 28.0 Å². The van der Waals surface area contributed by atoms with E-state index in [-0.39, 0.29) is 11.3 Å². The average Bonchev–Trinajstić information content (AvgIpc) is 3.13. The number of carboxylic acids is 1. The van der Waals surface area contributed by atoms with E-state index >= 15 is 0 Å². The first-order valence-electron chi connectivity index (χ1n) is 7.97. The number of nitrogens with zero attached hydrogens (tertiary/aromatic N) is 1. The van der Waals surface area contributed by atoms with Gasteiger partial charge in [0.2, 0.25) is 0 Å². The molecule has 0 amide bonds. The Bertz CT molecular complexity index is 1020. The third kappa shape index (κ3) is 3.05. The Hall–Kier alpha value is -2.60. The standard InChI is InChI=1S/C19H19NO4S/c1-3-4-12-5-7-13(8-6-12)18(21)17-16(25(2)24)11-15-14(19(22)23)9-10-20(15)17/h5-11,21H,3-4H2,1-2H3,(H,22,23). The number of rotatable bonds is 5. The van der Waals surface area contributed by atoms with E-state index < -0.39 is 16.8 Å². The summed E-state index contributed by atoms with van der Waals surface area (Å²) in [4.78, 5) is 11.8. The lowest BCUT2D eigenvalue weighted by Crippen LogP contribution is -2.18. The van der Waals surface area contributed by atoms with Gasteiger partial charge < -0.3 is 14.6 Å². The van der Waals surface area contributed by atoms with Crippen molar-refractivity contribution in [3.8, 4) is 0 Å². The summed E-state index contributed by atoms with van der Waals surface area (Å²) in [5.41, 5.74) is 2.32. The lowest BCUT2D eigenvalue weighted by molar-refractivity contribution is 0.0699. The van der Waals surface area contributed by atoms with Crippen LogP contribution in [0.25, 0.3) is 11.3 Å². The molecule has 0 saturated carbocycles. The Morgan fingerprint density at radius 3 is 2.40 bits per heavy atom. The maximum atomic E-state index is 12.1. The summed E-state index contributed by atoms with van der Waals surface area (Å²) in [6, 6.07) is 10.6. The molecule has 0 fully saturated rings. The van der Waals surface area contributed by atoms with Crippen LogP contribution in [-0.4, -0.2) is 31.0 Å². The molecule has 130 valence electrons. The molecule has 0 bridgehead atoms. The summed E-state index contributed by atoms with van der Waals surface area (Å²) in [6.07, 6.45) is 5.09. The van der Waals surface area contributed by atoms with Crippen LogP contribution >= 0.6 is 0 Å². The van der Waals surface area contributed by atoms with Crippen molar-refractivity contribution in [3.63, 3.8) is 0 Å². The van der Waals surface area contributed by atoms with Gasteiger partial charge in [-0.25, -0.2) is 4.79 Å². The zero-order valence-electron chi connectivity index (χ0n) is 14.0. The molecule has 3 rings (SSSR count). The number of aryl methyl sites for hydroxylation is 1. The minimum absolute atomic E-state index is 0.0178. The van der Waals surface area contributed by atoms with Gasteiger partial charge in [-0.3, -0.25) is 4.21 Å². The van der Waals surface area contributed by atoms with Crippen LogP contribution in [0, 0.1) is 0 Å². The highest BCUT2D eigenvalue weighted by Gasteiger charge is 2.18. The Morgan fingerprint density at radius 1 is 1.16 bits per heavy atom. The van der Waals surface area contributed by atoms with Crippen molar-refractivity contribution in [1.82, 2.24) is 4.40 Å². The van der Waals surface area contributed by atoms with Gasteiger partial charge >= 0.3 is 5.97 Å². The first-order valence-corrected chi connectivity index (χ1v) is 9.53. The number of carboxylic acid groups (broad SMARTS) is 1. The number of aliphatic hydroxyl groups excluding tert-OH is 1. The number of aromatic carboxylic acids is 1. The molecule has 0 aliphatic carbocycles. The minimum Gasteiger partial charge on any atom is -0.505 e. The lowest BCUT2D eigenvalue weighted by atomic mass is 10.1. The van der Waals surface area contributed by atoms with Gasteiger partial charge in [0.05, 0.1) is 26.8 Å². The Kier molecular flexibility index (Phi) is 4.63. The Labute approximate surface area is 147 Å². The van der Waals surface area contributed by atoms with Gasteiger partial charge in [-0.15, -0.1) is 0 Å². The predicted octanol–water partition coefficient (Wildman–Crippen LogP) is 2.76. The molecule has 2 aromatic heterocycles.